The van der Waals surface area contributed by atoms with Gasteiger partial charge < -0.3 is 15.4 Å². The monoisotopic (exact) mass is 228 g/mol. The van der Waals surface area contributed by atoms with Gasteiger partial charge in [-0.1, -0.05) is 19.8 Å². The van der Waals surface area contributed by atoms with E-state index in [1.807, 2.05) is 6.92 Å². The standard InChI is InChI=1S/C12H24N2O2/c1-2-7-14-12(15)10-13-8-9-16-11-5-3-4-6-11/h11,13H,2-10H2,1H3,(H,14,15). The molecule has 0 aromatic heterocycles. The van der Waals surface area contributed by atoms with Crippen LogP contribution in [0, 0.1) is 0 Å². The third-order valence-electron chi connectivity index (χ3n) is 2.79. The van der Waals surface area contributed by atoms with Gasteiger partial charge in [-0.2, -0.15) is 0 Å². The van der Waals surface area contributed by atoms with Crippen LogP contribution < -0.4 is 10.6 Å². The molecule has 0 heterocycles. The number of hydrogen-bond donors (Lipinski definition) is 2. The van der Waals surface area contributed by atoms with Crippen molar-refractivity contribution in [1.29, 1.82) is 0 Å². The lowest BCUT2D eigenvalue weighted by atomic mass is 10.3. The molecule has 16 heavy (non-hydrogen) atoms. The first-order valence-electron chi connectivity index (χ1n) is 6.42. The molecule has 1 aliphatic carbocycles. The summed E-state index contributed by atoms with van der Waals surface area (Å²) in [5, 5.41) is 5.90. The maximum absolute atomic E-state index is 11.2. The first-order chi connectivity index (χ1) is 7.83. The van der Waals surface area contributed by atoms with Gasteiger partial charge in [-0.25, -0.2) is 0 Å². The lowest BCUT2D eigenvalue weighted by Crippen LogP contribution is -2.35. The van der Waals surface area contributed by atoms with Gasteiger partial charge >= 0.3 is 0 Å². The second-order valence-corrected chi connectivity index (χ2v) is 4.30. The molecular formula is C12H24N2O2. The van der Waals surface area contributed by atoms with E-state index < -0.39 is 0 Å². The summed E-state index contributed by atoms with van der Waals surface area (Å²) in [7, 11) is 0. The minimum atomic E-state index is 0.0720. The maximum Gasteiger partial charge on any atom is 0.233 e. The Morgan fingerprint density at radius 2 is 2.06 bits per heavy atom. The van der Waals surface area contributed by atoms with Crippen LogP contribution in [-0.4, -0.2) is 38.3 Å². The van der Waals surface area contributed by atoms with Crippen molar-refractivity contribution in [1.82, 2.24) is 10.6 Å². The molecular weight excluding hydrogens is 204 g/mol. The second-order valence-electron chi connectivity index (χ2n) is 4.30. The second kappa shape index (κ2) is 8.53. The molecule has 2 N–H and O–H groups in total. The molecule has 1 fully saturated rings. The van der Waals surface area contributed by atoms with E-state index in [1.165, 1.54) is 25.7 Å². The van der Waals surface area contributed by atoms with Crippen molar-refractivity contribution in [2.45, 2.75) is 45.1 Å². The number of carbonyl (C=O) groups is 1. The lowest BCUT2D eigenvalue weighted by Gasteiger charge is -2.11. The Kier molecular flexibility index (Phi) is 7.17. The van der Waals surface area contributed by atoms with Crippen molar-refractivity contribution in [3.8, 4) is 0 Å². The molecule has 1 amide bonds. The van der Waals surface area contributed by atoms with E-state index in [0.717, 1.165) is 19.5 Å². The molecule has 0 unspecified atom stereocenters. The summed E-state index contributed by atoms with van der Waals surface area (Å²) >= 11 is 0. The summed E-state index contributed by atoms with van der Waals surface area (Å²) in [6.07, 6.45) is 6.47. The molecule has 0 bridgehead atoms. The van der Waals surface area contributed by atoms with E-state index in [4.69, 9.17) is 4.74 Å². The molecule has 4 heteroatoms. The van der Waals surface area contributed by atoms with Crippen molar-refractivity contribution in [2.24, 2.45) is 0 Å². The largest absolute Gasteiger partial charge is 0.377 e. The fourth-order valence-corrected chi connectivity index (χ4v) is 1.88. The number of ether oxygens (including phenoxy) is 1. The van der Waals surface area contributed by atoms with Crippen molar-refractivity contribution in [2.75, 3.05) is 26.2 Å². The minimum Gasteiger partial charge on any atom is -0.377 e. The van der Waals surface area contributed by atoms with E-state index in [0.29, 0.717) is 19.3 Å². The average molecular weight is 228 g/mol. The summed E-state index contributed by atoms with van der Waals surface area (Å²) in [5.41, 5.74) is 0. The van der Waals surface area contributed by atoms with E-state index in [1.54, 1.807) is 0 Å². The summed E-state index contributed by atoms with van der Waals surface area (Å²) in [5.74, 6) is 0.0720. The average Bonchev–Trinajstić information content (AvgIpc) is 2.79. The van der Waals surface area contributed by atoms with Gasteiger partial charge in [0.2, 0.25) is 5.91 Å². The first kappa shape index (κ1) is 13.5. The quantitative estimate of drug-likeness (QED) is 0.611. The van der Waals surface area contributed by atoms with Crippen LogP contribution in [0.3, 0.4) is 0 Å². The highest BCUT2D eigenvalue weighted by atomic mass is 16.5. The molecule has 0 aromatic carbocycles. The van der Waals surface area contributed by atoms with E-state index >= 15 is 0 Å². The normalized spacial score (nSPS) is 16.6. The van der Waals surface area contributed by atoms with Gasteiger partial charge in [0.1, 0.15) is 0 Å². The lowest BCUT2D eigenvalue weighted by molar-refractivity contribution is -0.120. The van der Waals surface area contributed by atoms with Crippen molar-refractivity contribution in [3.63, 3.8) is 0 Å². The third-order valence-corrected chi connectivity index (χ3v) is 2.79. The van der Waals surface area contributed by atoms with Crippen LogP contribution in [0.5, 0.6) is 0 Å². The van der Waals surface area contributed by atoms with Crippen LogP contribution >= 0.6 is 0 Å². The number of hydrogen-bond acceptors (Lipinski definition) is 3. The third kappa shape index (κ3) is 6.08. The Bertz CT molecular complexity index is 191. The van der Waals surface area contributed by atoms with Crippen LogP contribution in [0.4, 0.5) is 0 Å². The summed E-state index contributed by atoms with van der Waals surface area (Å²) < 4.78 is 5.67. The fraction of sp³-hybridized carbons (Fsp3) is 0.917. The van der Waals surface area contributed by atoms with Crippen molar-refractivity contribution in [3.05, 3.63) is 0 Å². The molecule has 0 saturated heterocycles. The molecule has 1 aliphatic rings. The first-order valence-corrected chi connectivity index (χ1v) is 6.42. The number of nitrogens with one attached hydrogen (secondary N) is 2. The summed E-state index contributed by atoms with van der Waals surface area (Å²) in [6.45, 7) is 4.68. The van der Waals surface area contributed by atoms with Crippen molar-refractivity contribution < 1.29 is 9.53 Å². The van der Waals surface area contributed by atoms with E-state index in [-0.39, 0.29) is 5.91 Å². The van der Waals surface area contributed by atoms with Gasteiger partial charge in [-0.3, -0.25) is 4.79 Å². The molecule has 0 aromatic rings. The SMILES string of the molecule is CCCNC(=O)CNCCOC1CCCC1. The zero-order valence-electron chi connectivity index (χ0n) is 10.3. The van der Waals surface area contributed by atoms with E-state index in [2.05, 4.69) is 10.6 Å². The zero-order valence-corrected chi connectivity index (χ0v) is 10.3. The highest BCUT2D eigenvalue weighted by molar-refractivity contribution is 5.77. The van der Waals surface area contributed by atoms with E-state index in [9.17, 15) is 4.79 Å². The Hall–Kier alpha value is -0.610. The topological polar surface area (TPSA) is 50.4 Å². The molecule has 94 valence electrons. The van der Waals surface area contributed by atoms with Gasteiger partial charge in [0.25, 0.3) is 0 Å². The van der Waals surface area contributed by atoms with Crippen molar-refractivity contribution >= 4 is 5.91 Å². The smallest absolute Gasteiger partial charge is 0.233 e. The predicted octanol–water partition coefficient (Wildman–Crippen LogP) is 1.06. The Morgan fingerprint density at radius 3 is 2.75 bits per heavy atom. The minimum absolute atomic E-state index is 0.0720. The summed E-state index contributed by atoms with van der Waals surface area (Å²) in [4.78, 5) is 11.2. The van der Waals surface area contributed by atoms with Crippen LogP contribution in [0.15, 0.2) is 0 Å². The molecule has 0 radical (unpaired) electrons. The molecule has 0 aliphatic heterocycles. The Balaban J connectivity index is 1.85. The molecule has 0 spiro atoms. The van der Waals surface area contributed by atoms with Crippen LogP contribution in [0.25, 0.3) is 0 Å². The Morgan fingerprint density at radius 1 is 1.31 bits per heavy atom. The predicted molar refractivity (Wildman–Crippen MR) is 64.4 cm³/mol. The number of rotatable bonds is 8. The van der Waals surface area contributed by atoms with Gasteiger partial charge in [0, 0.05) is 13.1 Å². The van der Waals surface area contributed by atoms with Crippen LogP contribution in [0.2, 0.25) is 0 Å². The summed E-state index contributed by atoms with van der Waals surface area (Å²) in [6, 6.07) is 0. The highest BCUT2D eigenvalue weighted by Gasteiger charge is 2.14. The molecule has 0 atom stereocenters. The Labute approximate surface area is 98.1 Å². The van der Waals surface area contributed by atoms with Crippen LogP contribution in [0.1, 0.15) is 39.0 Å². The number of carbonyl (C=O) groups excluding carboxylic acids is 1. The number of amides is 1. The van der Waals surface area contributed by atoms with Gasteiger partial charge in [0.05, 0.1) is 19.3 Å². The zero-order chi connectivity index (χ0) is 11.6. The van der Waals surface area contributed by atoms with Gasteiger partial charge in [-0.05, 0) is 19.3 Å². The van der Waals surface area contributed by atoms with Gasteiger partial charge in [-0.15, -0.1) is 0 Å². The van der Waals surface area contributed by atoms with Crippen LogP contribution in [-0.2, 0) is 9.53 Å². The fourth-order valence-electron chi connectivity index (χ4n) is 1.88. The molecule has 1 saturated carbocycles. The highest BCUT2D eigenvalue weighted by Crippen LogP contribution is 2.20. The van der Waals surface area contributed by atoms with Gasteiger partial charge in [0.15, 0.2) is 0 Å². The molecule has 1 rings (SSSR count). The maximum atomic E-state index is 11.2. The molecule has 4 nitrogen and oxygen atoms in total.